The van der Waals surface area contributed by atoms with Crippen LogP contribution in [0.4, 0.5) is 0 Å². The zero-order valence-electron chi connectivity index (χ0n) is 25.6. The summed E-state index contributed by atoms with van der Waals surface area (Å²) in [5, 5.41) is 0. The Morgan fingerprint density at radius 1 is 0.650 bits per heavy atom. The molecular weight excluding hydrogens is 533 g/mol. The lowest BCUT2D eigenvalue weighted by Gasteiger charge is -2.19. The molecule has 0 saturated carbocycles. The summed E-state index contributed by atoms with van der Waals surface area (Å²) in [4.78, 5) is 34.4. The van der Waals surface area contributed by atoms with Crippen LogP contribution < -0.4 is 5.73 Å². The minimum atomic E-state index is -4.35. The van der Waals surface area contributed by atoms with Crippen molar-refractivity contribution in [1.29, 1.82) is 0 Å². The number of esters is 2. The normalized spacial score (nSPS) is 13.6. The van der Waals surface area contributed by atoms with E-state index in [9.17, 15) is 19.0 Å². The van der Waals surface area contributed by atoms with Crippen LogP contribution in [0.15, 0.2) is 0 Å². The summed E-state index contributed by atoms with van der Waals surface area (Å²) in [6.45, 7) is 3.67. The van der Waals surface area contributed by atoms with Gasteiger partial charge in [-0.3, -0.25) is 18.6 Å². The molecule has 3 N–H and O–H groups in total. The van der Waals surface area contributed by atoms with Crippen LogP contribution in [0.25, 0.3) is 0 Å². The van der Waals surface area contributed by atoms with E-state index in [4.69, 9.17) is 24.3 Å². The van der Waals surface area contributed by atoms with Crippen molar-refractivity contribution in [3.05, 3.63) is 0 Å². The number of hydrogen-bond acceptors (Lipinski definition) is 8. The molecule has 0 radical (unpaired) electrons. The topological polar surface area (TPSA) is 134 Å². The molecule has 0 bridgehead atoms. The van der Waals surface area contributed by atoms with E-state index in [1.807, 2.05) is 0 Å². The summed E-state index contributed by atoms with van der Waals surface area (Å²) in [5.74, 6) is -0.830. The van der Waals surface area contributed by atoms with E-state index in [1.165, 1.54) is 83.5 Å². The molecule has 0 heterocycles. The van der Waals surface area contributed by atoms with Crippen molar-refractivity contribution in [1.82, 2.24) is 0 Å². The lowest BCUT2D eigenvalue weighted by Crippen LogP contribution is -2.29. The minimum Gasteiger partial charge on any atom is -0.462 e. The van der Waals surface area contributed by atoms with Gasteiger partial charge in [-0.1, -0.05) is 123 Å². The highest BCUT2D eigenvalue weighted by Gasteiger charge is 2.25. The maximum atomic E-state index is 12.4. The predicted molar refractivity (Wildman–Crippen MR) is 160 cm³/mol. The molecule has 0 aromatic heterocycles. The maximum Gasteiger partial charge on any atom is 0.472 e. The van der Waals surface area contributed by atoms with Crippen molar-refractivity contribution >= 4 is 19.8 Å². The highest BCUT2D eigenvalue weighted by Crippen LogP contribution is 2.43. The van der Waals surface area contributed by atoms with E-state index < -0.39 is 26.5 Å². The molecule has 10 heteroatoms. The predicted octanol–water partition coefficient (Wildman–Crippen LogP) is 7.77. The Hall–Kier alpha value is -0.990. The van der Waals surface area contributed by atoms with Crippen molar-refractivity contribution in [2.24, 2.45) is 5.73 Å². The van der Waals surface area contributed by atoms with E-state index in [1.54, 1.807) is 0 Å². The molecule has 0 aromatic carbocycles. The number of unbranched alkanes of at least 4 members (excludes halogenated alkanes) is 17. The van der Waals surface area contributed by atoms with Crippen LogP contribution in [0.3, 0.4) is 0 Å². The van der Waals surface area contributed by atoms with E-state index in [0.29, 0.717) is 6.42 Å². The first-order valence-corrected chi connectivity index (χ1v) is 17.5. The Morgan fingerprint density at radius 2 is 1.07 bits per heavy atom. The molecule has 0 amide bonds. The van der Waals surface area contributed by atoms with Gasteiger partial charge < -0.3 is 20.1 Å². The molecule has 0 aliphatic rings. The van der Waals surface area contributed by atoms with Gasteiger partial charge >= 0.3 is 19.8 Å². The largest absolute Gasteiger partial charge is 0.472 e. The number of ether oxygens (including phenoxy) is 2. The highest BCUT2D eigenvalue weighted by atomic mass is 31.2. The van der Waals surface area contributed by atoms with Crippen LogP contribution in [0.5, 0.6) is 0 Å². The average Bonchev–Trinajstić information content (AvgIpc) is 2.93. The van der Waals surface area contributed by atoms with Gasteiger partial charge in [0.15, 0.2) is 6.10 Å². The van der Waals surface area contributed by atoms with Gasteiger partial charge in [0, 0.05) is 19.4 Å². The van der Waals surface area contributed by atoms with E-state index >= 15 is 0 Å². The molecule has 2 unspecified atom stereocenters. The van der Waals surface area contributed by atoms with Crippen LogP contribution in [-0.4, -0.2) is 49.3 Å². The second kappa shape index (κ2) is 28.1. The first-order valence-electron chi connectivity index (χ1n) is 16.0. The number of hydrogen-bond donors (Lipinski definition) is 2. The van der Waals surface area contributed by atoms with Crippen molar-refractivity contribution in [2.75, 3.05) is 26.4 Å². The molecule has 2 atom stereocenters. The van der Waals surface area contributed by atoms with Crippen LogP contribution >= 0.6 is 7.82 Å². The first kappa shape index (κ1) is 39.0. The molecule has 0 saturated heterocycles. The van der Waals surface area contributed by atoms with Crippen LogP contribution in [0.1, 0.15) is 149 Å². The lowest BCUT2D eigenvalue weighted by molar-refractivity contribution is -0.161. The van der Waals surface area contributed by atoms with Gasteiger partial charge in [-0.15, -0.1) is 0 Å². The fourth-order valence-electron chi connectivity index (χ4n) is 4.34. The number of rotatable bonds is 30. The standard InChI is InChI=1S/C30H60NO8P/c1-3-5-7-9-11-13-15-16-18-20-22-29(32)36-26-28(27-38-40(34,35)37-25-24-31)39-30(33)23-21-19-17-14-12-10-8-6-4-2/h28H,3-27,31H2,1-2H3,(H,34,35). The van der Waals surface area contributed by atoms with Crippen LogP contribution in [-0.2, 0) is 32.7 Å². The van der Waals surface area contributed by atoms with Crippen molar-refractivity contribution in [3.63, 3.8) is 0 Å². The molecule has 238 valence electrons. The second-order valence-corrected chi connectivity index (χ2v) is 12.1. The lowest BCUT2D eigenvalue weighted by atomic mass is 10.1. The molecule has 0 aliphatic heterocycles. The number of carbonyl (C=O) groups is 2. The Kier molecular flexibility index (Phi) is 27.4. The fourth-order valence-corrected chi connectivity index (χ4v) is 5.10. The maximum absolute atomic E-state index is 12.4. The van der Waals surface area contributed by atoms with Crippen LogP contribution in [0, 0.1) is 0 Å². The van der Waals surface area contributed by atoms with Gasteiger partial charge in [0.2, 0.25) is 0 Å². The number of nitrogens with two attached hydrogens (primary N) is 1. The quantitative estimate of drug-likeness (QED) is 0.0486. The summed E-state index contributed by atoms with van der Waals surface area (Å²) in [6, 6.07) is 0. The summed E-state index contributed by atoms with van der Waals surface area (Å²) in [6.07, 6.45) is 21.4. The SMILES string of the molecule is CCCCCCCCCCCCC(=O)OCC(COP(=O)(O)OCCN)OC(=O)CCCCCCCCCCC. The Labute approximate surface area is 244 Å². The Bertz CT molecular complexity index is 649. The number of carbonyl (C=O) groups excluding carboxylic acids is 2. The molecular formula is C30H60NO8P. The number of phosphoric acid groups is 1. The molecule has 0 aliphatic carbocycles. The average molecular weight is 594 g/mol. The smallest absolute Gasteiger partial charge is 0.462 e. The van der Waals surface area contributed by atoms with Crippen molar-refractivity contribution in [3.8, 4) is 0 Å². The Morgan fingerprint density at radius 3 is 1.52 bits per heavy atom. The van der Waals surface area contributed by atoms with E-state index in [2.05, 4.69) is 13.8 Å². The molecule has 0 aromatic rings. The van der Waals surface area contributed by atoms with E-state index in [-0.39, 0.29) is 38.6 Å². The van der Waals surface area contributed by atoms with Crippen LogP contribution in [0.2, 0.25) is 0 Å². The van der Waals surface area contributed by atoms with Gasteiger partial charge in [0.05, 0.1) is 13.2 Å². The van der Waals surface area contributed by atoms with Gasteiger partial charge in [-0.2, -0.15) is 0 Å². The Balaban J connectivity index is 4.31. The van der Waals surface area contributed by atoms with Gasteiger partial charge in [-0.25, -0.2) is 4.57 Å². The highest BCUT2D eigenvalue weighted by molar-refractivity contribution is 7.47. The third-order valence-electron chi connectivity index (χ3n) is 6.74. The monoisotopic (exact) mass is 593 g/mol. The second-order valence-electron chi connectivity index (χ2n) is 10.7. The van der Waals surface area contributed by atoms with Crippen molar-refractivity contribution < 1.29 is 37.6 Å². The molecule has 9 nitrogen and oxygen atoms in total. The first-order chi connectivity index (χ1) is 19.3. The molecule has 0 spiro atoms. The summed E-state index contributed by atoms with van der Waals surface area (Å²) >= 11 is 0. The molecule has 0 fully saturated rings. The number of phosphoric ester groups is 1. The summed E-state index contributed by atoms with van der Waals surface area (Å²) < 4.78 is 32.4. The van der Waals surface area contributed by atoms with Gasteiger partial charge in [0.25, 0.3) is 0 Å². The molecule has 40 heavy (non-hydrogen) atoms. The zero-order chi connectivity index (χ0) is 29.7. The fraction of sp³-hybridized carbons (Fsp3) is 0.933. The molecule has 0 rings (SSSR count). The summed E-state index contributed by atoms with van der Waals surface area (Å²) in [5.41, 5.74) is 5.30. The zero-order valence-corrected chi connectivity index (χ0v) is 26.5. The minimum absolute atomic E-state index is 0.0572. The van der Waals surface area contributed by atoms with Gasteiger partial charge in [-0.05, 0) is 12.8 Å². The third-order valence-corrected chi connectivity index (χ3v) is 7.73. The summed E-state index contributed by atoms with van der Waals surface area (Å²) in [7, 11) is -4.35. The van der Waals surface area contributed by atoms with E-state index in [0.717, 1.165) is 32.1 Å². The third kappa shape index (κ3) is 27.2. The van der Waals surface area contributed by atoms with Crippen molar-refractivity contribution in [2.45, 2.75) is 155 Å². The van der Waals surface area contributed by atoms with Gasteiger partial charge in [0.1, 0.15) is 6.61 Å².